The summed E-state index contributed by atoms with van der Waals surface area (Å²) in [6.45, 7) is 0. The highest BCUT2D eigenvalue weighted by molar-refractivity contribution is 7.71. The Morgan fingerprint density at radius 3 is 2.76 bits per heavy atom. The highest BCUT2D eigenvalue weighted by Gasteiger charge is 2.24. The zero-order valence-electron chi connectivity index (χ0n) is 12.4. The van der Waals surface area contributed by atoms with Crippen molar-refractivity contribution in [3.8, 4) is 5.75 Å². The fourth-order valence-electron chi connectivity index (χ4n) is 3.04. The molecule has 0 saturated heterocycles. The van der Waals surface area contributed by atoms with Crippen LogP contribution in [-0.2, 0) is 0 Å². The van der Waals surface area contributed by atoms with Gasteiger partial charge < -0.3 is 9.64 Å². The average molecular weight is 304 g/mol. The zero-order valence-corrected chi connectivity index (χ0v) is 13.2. The summed E-state index contributed by atoms with van der Waals surface area (Å²) in [6, 6.07) is 8.38. The molecule has 1 aliphatic carbocycles. The molecule has 0 radical (unpaired) electrons. The molecule has 0 spiro atoms. The van der Waals surface area contributed by atoms with Crippen LogP contribution in [0.2, 0.25) is 0 Å². The third-order valence-corrected chi connectivity index (χ3v) is 4.41. The molecule has 2 aromatic rings. The predicted molar refractivity (Wildman–Crippen MR) is 86.0 cm³/mol. The van der Waals surface area contributed by atoms with Crippen molar-refractivity contribution in [1.29, 1.82) is 0 Å². The molecule has 1 saturated carbocycles. The number of methoxy groups -OCH3 is 1. The fraction of sp³-hybridized carbons (Fsp3) is 0.467. The van der Waals surface area contributed by atoms with Crippen LogP contribution in [0.4, 0.5) is 11.6 Å². The third-order valence-electron chi connectivity index (χ3n) is 4.12. The van der Waals surface area contributed by atoms with Crippen LogP contribution in [0.3, 0.4) is 0 Å². The van der Waals surface area contributed by atoms with E-state index >= 15 is 0 Å². The fourth-order valence-corrected chi connectivity index (χ4v) is 3.32. The molecule has 3 rings (SSSR count). The van der Waals surface area contributed by atoms with Gasteiger partial charge in [-0.3, -0.25) is 4.57 Å². The van der Waals surface area contributed by atoms with Gasteiger partial charge in [0.1, 0.15) is 5.75 Å². The second-order valence-corrected chi connectivity index (χ2v) is 5.75. The number of para-hydroxylation sites is 2. The average Bonchev–Trinajstić information content (AvgIpc) is 3.15. The van der Waals surface area contributed by atoms with Crippen molar-refractivity contribution in [3.63, 3.8) is 0 Å². The lowest BCUT2D eigenvalue weighted by Crippen LogP contribution is -2.18. The summed E-state index contributed by atoms with van der Waals surface area (Å²) >= 11 is 5.43. The van der Waals surface area contributed by atoms with Crippen LogP contribution in [-0.4, -0.2) is 28.9 Å². The summed E-state index contributed by atoms with van der Waals surface area (Å²) < 4.78 is 8.29. The molecule has 1 aromatic carbocycles. The quantitative estimate of drug-likeness (QED) is 0.872. The zero-order chi connectivity index (χ0) is 14.8. The number of aromatic amines is 1. The van der Waals surface area contributed by atoms with Crippen molar-refractivity contribution in [3.05, 3.63) is 29.0 Å². The minimum atomic E-state index is 0.448. The first-order valence-electron chi connectivity index (χ1n) is 7.26. The van der Waals surface area contributed by atoms with E-state index in [4.69, 9.17) is 17.0 Å². The topological polar surface area (TPSA) is 46.1 Å². The molecule has 1 N–H and O–H groups in total. The first-order chi connectivity index (χ1) is 10.2. The molecular weight excluding hydrogens is 284 g/mol. The smallest absolute Gasteiger partial charge is 0.230 e. The maximum Gasteiger partial charge on any atom is 0.230 e. The molecule has 5 nitrogen and oxygen atoms in total. The number of nitrogens with zero attached hydrogens (tertiary/aromatic N) is 3. The van der Waals surface area contributed by atoms with Gasteiger partial charge in [0.25, 0.3) is 0 Å². The Morgan fingerprint density at radius 2 is 2.05 bits per heavy atom. The van der Waals surface area contributed by atoms with Crippen LogP contribution in [0.25, 0.3) is 0 Å². The third kappa shape index (κ3) is 2.55. The molecule has 0 aliphatic heterocycles. The van der Waals surface area contributed by atoms with Gasteiger partial charge in [-0.1, -0.05) is 25.0 Å². The lowest BCUT2D eigenvalue weighted by atomic mass is 10.2. The molecule has 0 atom stereocenters. The number of anilines is 2. The molecule has 0 bridgehead atoms. The SMILES string of the molecule is COc1ccccc1N(C)c1n[nH]c(=S)n1C1CCCC1. The van der Waals surface area contributed by atoms with Gasteiger partial charge >= 0.3 is 0 Å². The van der Waals surface area contributed by atoms with Gasteiger partial charge in [0.15, 0.2) is 4.77 Å². The van der Waals surface area contributed by atoms with E-state index in [0.29, 0.717) is 10.8 Å². The summed E-state index contributed by atoms with van der Waals surface area (Å²) in [5.74, 6) is 1.67. The molecule has 1 heterocycles. The number of ether oxygens (including phenoxy) is 1. The van der Waals surface area contributed by atoms with Crippen molar-refractivity contribution in [2.75, 3.05) is 19.1 Å². The normalized spacial score (nSPS) is 15.3. The molecule has 6 heteroatoms. The molecule has 21 heavy (non-hydrogen) atoms. The van der Waals surface area contributed by atoms with Crippen molar-refractivity contribution < 1.29 is 4.74 Å². The second kappa shape index (κ2) is 5.89. The van der Waals surface area contributed by atoms with Crippen LogP contribution in [0.15, 0.2) is 24.3 Å². The van der Waals surface area contributed by atoms with E-state index in [-0.39, 0.29) is 0 Å². The van der Waals surface area contributed by atoms with Crippen LogP contribution in [0, 0.1) is 4.77 Å². The number of hydrogen-bond donors (Lipinski definition) is 1. The monoisotopic (exact) mass is 304 g/mol. The molecule has 1 aromatic heterocycles. The van der Waals surface area contributed by atoms with Gasteiger partial charge in [-0.25, -0.2) is 5.10 Å². The van der Waals surface area contributed by atoms with Gasteiger partial charge in [0.05, 0.1) is 12.8 Å². The summed E-state index contributed by atoms with van der Waals surface area (Å²) in [6.07, 6.45) is 4.85. The van der Waals surface area contributed by atoms with E-state index in [0.717, 1.165) is 17.4 Å². The first kappa shape index (κ1) is 14.1. The Kier molecular flexibility index (Phi) is 3.96. The number of H-pyrrole nitrogens is 1. The Bertz CT molecular complexity index is 672. The Labute approximate surface area is 129 Å². The van der Waals surface area contributed by atoms with Crippen LogP contribution in [0.5, 0.6) is 5.75 Å². The molecule has 1 fully saturated rings. The minimum absolute atomic E-state index is 0.448. The van der Waals surface area contributed by atoms with Crippen LogP contribution >= 0.6 is 12.2 Å². The van der Waals surface area contributed by atoms with Gasteiger partial charge in [-0.05, 0) is 37.2 Å². The lowest BCUT2D eigenvalue weighted by Gasteiger charge is -2.23. The molecular formula is C15H20N4OS. The van der Waals surface area contributed by atoms with Gasteiger partial charge in [-0.15, -0.1) is 5.10 Å². The van der Waals surface area contributed by atoms with E-state index in [9.17, 15) is 0 Å². The van der Waals surface area contributed by atoms with E-state index in [1.165, 1.54) is 25.7 Å². The van der Waals surface area contributed by atoms with E-state index in [1.54, 1.807) is 7.11 Å². The first-order valence-corrected chi connectivity index (χ1v) is 7.67. The molecule has 0 amide bonds. The van der Waals surface area contributed by atoms with E-state index in [2.05, 4.69) is 14.8 Å². The van der Waals surface area contributed by atoms with Crippen molar-refractivity contribution in [2.45, 2.75) is 31.7 Å². The number of rotatable bonds is 4. The maximum absolute atomic E-state index is 5.45. The summed E-state index contributed by atoms with van der Waals surface area (Å²) in [4.78, 5) is 2.03. The molecule has 112 valence electrons. The Balaban J connectivity index is 2.02. The second-order valence-electron chi connectivity index (χ2n) is 5.37. The Morgan fingerprint density at radius 1 is 1.33 bits per heavy atom. The van der Waals surface area contributed by atoms with Gasteiger partial charge in [0, 0.05) is 13.1 Å². The lowest BCUT2D eigenvalue weighted by molar-refractivity contribution is 0.415. The highest BCUT2D eigenvalue weighted by atomic mass is 32.1. The molecule has 1 aliphatic rings. The minimum Gasteiger partial charge on any atom is -0.495 e. The van der Waals surface area contributed by atoms with E-state index in [1.807, 2.05) is 36.2 Å². The Hall–Kier alpha value is -1.82. The van der Waals surface area contributed by atoms with E-state index < -0.39 is 0 Å². The maximum atomic E-state index is 5.45. The van der Waals surface area contributed by atoms with Gasteiger partial charge in [0.2, 0.25) is 5.95 Å². The standard InChI is InChI=1S/C15H20N4OS/c1-18(12-9-5-6-10-13(12)20-2)14-16-17-15(21)19(14)11-7-3-4-8-11/h5-6,9-11H,3-4,7-8H2,1-2H3,(H,17,21). The molecule has 0 unspecified atom stereocenters. The summed E-state index contributed by atoms with van der Waals surface area (Å²) in [7, 11) is 3.68. The largest absolute Gasteiger partial charge is 0.495 e. The van der Waals surface area contributed by atoms with Gasteiger partial charge in [-0.2, -0.15) is 0 Å². The van der Waals surface area contributed by atoms with Crippen LogP contribution < -0.4 is 9.64 Å². The summed E-state index contributed by atoms with van der Waals surface area (Å²) in [5, 5.41) is 7.36. The van der Waals surface area contributed by atoms with Crippen molar-refractivity contribution in [2.24, 2.45) is 0 Å². The number of aromatic nitrogens is 3. The van der Waals surface area contributed by atoms with Crippen molar-refractivity contribution >= 4 is 23.9 Å². The van der Waals surface area contributed by atoms with Crippen LogP contribution in [0.1, 0.15) is 31.7 Å². The number of hydrogen-bond acceptors (Lipinski definition) is 4. The highest BCUT2D eigenvalue weighted by Crippen LogP contribution is 2.36. The number of nitrogens with one attached hydrogen (secondary N) is 1. The number of benzene rings is 1. The predicted octanol–water partition coefficient (Wildman–Crippen LogP) is 3.83. The van der Waals surface area contributed by atoms with Crippen molar-refractivity contribution in [1.82, 2.24) is 14.8 Å². The summed E-state index contributed by atoms with van der Waals surface area (Å²) in [5.41, 5.74) is 0.980.